The Morgan fingerprint density at radius 2 is 1.75 bits per heavy atom. The van der Waals surface area contributed by atoms with E-state index in [-0.39, 0.29) is 18.7 Å². The van der Waals surface area contributed by atoms with Gasteiger partial charge in [-0.3, -0.25) is 0 Å². The SMILES string of the molecule is C=CCCCCC1CCC(OC(=O)c2ccc(C=CC(=O)OCCc3cc(N)ccc3N)cc2)CC1. The summed E-state index contributed by atoms with van der Waals surface area (Å²) in [6.45, 7) is 3.98. The van der Waals surface area contributed by atoms with Gasteiger partial charge in [-0.25, -0.2) is 9.59 Å². The first-order valence-electron chi connectivity index (χ1n) is 12.8. The summed E-state index contributed by atoms with van der Waals surface area (Å²) in [5.74, 6) is 0.00950. The van der Waals surface area contributed by atoms with Crippen molar-refractivity contribution in [1.29, 1.82) is 0 Å². The maximum Gasteiger partial charge on any atom is 0.338 e. The van der Waals surface area contributed by atoms with E-state index in [2.05, 4.69) is 6.58 Å². The predicted octanol–water partition coefficient (Wildman–Crippen LogP) is 6.11. The molecule has 2 aromatic rings. The van der Waals surface area contributed by atoms with Gasteiger partial charge >= 0.3 is 11.9 Å². The molecule has 0 bridgehead atoms. The van der Waals surface area contributed by atoms with E-state index in [0.29, 0.717) is 23.4 Å². The van der Waals surface area contributed by atoms with Gasteiger partial charge in [0.05, 0.1) is 12.2 Å². The Kier molecular flexibility index (Phi) is 10.6. The molecule has 1 aliphatic rings. The van der Waals surface area contributed by atoms with Crippen LogP contribution in [0.5, 0.6) is 0 Å². The van der Waals surface area contributed by atoms with Crippen LogP contribution in [0, 0.1) is 5.92 Å². The molecular formula is C30H38N2O4. The van der Waals surface area contributed by atoms with Gasteiger partial charge < -0.3 is 20.9 Å². The minimum atomic E-state index is -0.447. The third kappa shape index (κ3) is 8.91. The Morgan fingerprint density at radius 1 is 1.00 bits per heavy atom. The summed E-state index contributed by atoms with van der Waals surface area (Å²) in [6, 6.07) is 12.3. The number of ether oxygens (including phenoxy) is 2. The van der Waals surface area contributed by atoms with Crippen molar-refractivity contribution in [1.82, 2.24) is 0 Å². The first-order chi connectivity index (χ1) is 17.4. The molecule has 1 aliphatic carbocycles. The fourth-order valence-corrected chi connectivity index (χ4v) is 4.53. The average Bonchev–Trinajstić information content (AvgIpc) is 2.88. The second kappa shape index (κ2) is 14.1. The third-order valence-electron chi connectivity index (χ3n) is 6.68. The molecule has 6 heteroatoms. The Bertz CT molecular complexity index is 1040. The quantitative estimate of drug-likeness (QED) is 0.122. The second-order valence-electron chi connectivity index (χ2n) is 9.45. The van der Waals surface area contributed by atoms with Crippen molar-refractivity contribution in [2.45, 2.75) is 63.9 Å². The number of nitrogen functional groups attached to an aromatic ring is 2. The highest BCUT2D eigenvalue weighted by Crippen LogP contribution is 2.30. The zero-order valence-electron chi connectivity index (χ0n) is 21.0. The van der Waals surface area contributed by atoms with Gasteiger partial charge in [0.2, 0.25) is 0 Å². The lowest BCUT2D eigenvalue weighted by atomic mass is 9.84. The molecule has 1 saturated carbocycles. The zero-order chi connectivity index (χ0) is 25.8. The van der Waals surface area contributed by atoms with E-state index in [1.807, 2.05) is 6.08 Å². The minimum Gasteiger partial charge on any atom is -0.462 e. The molecule has 0 radical (unpaired) electrons. The van der Waals surface area contributed by atoms with Gasteiger partial charge in [-0.05, 0) is 92.0 Å². The number of hydrogen-bond acceptors (Lipinski definition) is 6. The molecule has 192 valence electrons. The second-order valence-corrected chi connectivity index (χ2v) is 9.45. The molecule has 0 aromatic heterocycles. The van der Waals surface area contributed by atoms with Crippen LogP contribution in [0.1, 0.15) is 72.9 Å². The van der Waals surface area contributed by atoms with Crippen LogP contribution in [0.15, 0.2) is 61.2 Å². The summed E-state index contributed by atoms with van der Waals surface area (Å²) in [5.41, 5.74) is 15.1. The molecule has 3 rings (SSSR count). The third-order valence-corrected chi connectivity index (χ3v) is 6.68. The number of allylic oxidation sites excluding steroid dienone is 1. The molecule has 0 saturated heterocycles. The number of anilines is 2. The minimum absolute atomic E-state index is 0.000977. The van der Waals surface area contributed by atoms with Crippen LogP contribution < -0.4 is 11.5 Å². The fraction of sp³-hybridized carbons (Fsp3) is 0.400. The Morgan fingerprint density at radius 3 is 2.47 bits per heavy atom. The molecule has 0 unspecified atom stereocenters. The Balaban J connectivity index is 1.37. The average molecular weight is 491 g/mol. The van der Waals surface area contributed by atoms with Crippen LogP contribution in [0.3, 0.4) is 0 Å². The molecule has 0 aliphatic heterocycles. The van der Waals surface area contributed by atoms with Crippen LogP contribution in [0.2, 0.25) is 0 Å². The number of esters is 2. The van der Waals surface area contributed by atoms with E-state index < -0.39 is 5.97 Å². The highest BCUT2D eigenvalue weighted by molar-refractivity contribution is 5.90. The van der Waals surface area contributed by atoms with Gasteiger partial charge in [0.25, 0.3) is 0 Å². The fourth-order valence-electron chi connectivity index (χ4n) is 4.53. The van der Waals surface area contributed by atoms with Crippen molar-refractivity contribution in [2.75, 3.05) is 18.1 Å². The number of hydrogen-bond donors (Lipinski definition) is 2. The van der Waals surface area contributed by atoms with E-state index in [9.17, 15) is 9.59 Å². The lowest BCUT2D eigenvalue weighted by Gasteiger charge is -2.28. The van der Waals surface area contributed by atoms with Crippen molar-refractivity contribution in [3.63, 3.8) is 0 Å². The van der Waals surface area contributed by atoms with E-state index in [4.69, 9.17) is 20.9 Å². The van der Waals surface area contributed by atoms with Gasteiger partial charge in [0.1, 0.15) is 6.10 Å². The number of unbranched alkanes of at least 4 members (excludes halogenated alkanes) is 2. The number of nitrogens with two attached hydrogens (primary N) is 2. The van der Waals surface area contributed by atoms with Gasteiger partial charge in [-0.15, -0.1) is 6.58 Å². The van der Waals surface area contributed by atoms with E-state index in [1.165, 1.54) is 25.3 Å². The highest BCUT2D eigenvalue weighted by atomic mass is 16.5. The summed E-state index contributed by atoms with van der Waals surface area (Å²) >= 11 is 0. The van der Waals surface area contributed by atoms with Crippen molar-refractivity contribution < 1.29 is 19.1 Å². The van der Waals surface area contributed by atoms with E-state index >= 15 is 0 Å². The largest absolute Gasteiger partial charge is 0.462 e. The molecule has 4 N–H and O–H groups in total. The maximum absolute atomic E-state index is 12.6. The molecule has 0 heterocycles. The van der Waals surface area contributed by atoms with Crippen molar-refractivity contribution in [3.05, 3.63) is 77.9 Å². The molecule has 0 spiro atoms. The van der Waals surface area contributed by atoms with Gasteiger partial charge in [0.15, 0.2) is 0 Å². The molecule has 36 heavy (non-hydrogen) atoms. The van der Waals surface area contributed by atoms with Crippen LogP contribution in [0.25, 0.3) is 6.08 Å². The molecule has 1 fully saturated rings. The molecule has 2 aromatic carbocycles. The summed E-state index contributed by atoms with van der Waals surface area (Å²) in [7, 11) is 0. The van der Waals surface area contributed by atoms with Gasteiger partial charge in [-0.2, -0.15) is 0 Å². The summed E-state index contributed by atoms with van der Waals surface area (Å²) in [6.07, 6.45) is 14.4. The first-order valence-corrected chi connectivity index (χ1v) is 12.8. The molecule has 6 nitrogen and oxygen atoms in total. The topological polar surface area (TPSA) is 105 Å². The van der Waals surface area contributed by atoms with Crippen LogP contribution in [0.4, 0.5) is 11.4 Å². The monoisotopic (exact) mass is 490 g/mol. The standard InChI is InChI=1S/C30H38N2O4/c1-2-3-4-5-6-22-9-15-27(16-10-22)36-30(34)24-12-7-23(8-13-24)11-18-29(33)35-20-19-25-21-26(31)14-17-28(25)32/h2,7-8,11-14,17-18,21-22,27H,1,3-6,9-10,15-16,19-20,31-32H2. The number of carbonyl (C=O) groups excluding carboxylic acids is 2. The smallest absolute Gasteiger partial charge is 0.338 e. The van der Waals surface area contributed by atoms with Crippen molar-refractivity contribution >= 4 is 29.4 Å². The number of rotatable bonds is 12. The van der Waals surface area contributed by atoms with Gasteiger partial charge in [-0.1, -0.05) is 31.1 Å². The number of benzene rings is 2. The van der Waals surface area contributed by atoms with Crippen molar-refractivity contribution in [3.8, 4) is 0 Å². The lowest BCUT2D eigenvalue weighted by molar-refractivity contribution is -0.137. The van der Waals surface area contributed by atoms with E-state index in [0.717, 1.165) is 49.1 Å². The van der Waals surface area contributed by atoms with Crippen LogP contribution >= 0.6 is 0 Å². The Hall–Kier alpha value is -3.54. The lowest BCUT2D eigenvalue weighted by Crippen LogP contribution is -2.24. The van der Waals surface area contributed by atoms with Crippen LogP contribution in [-0.2, 0) is 20.7 Å². The summed E-state index contributed by atoms with van der Waals surface area (Å²) in [4.78, 5) is 24.6. The summed E-state index contributed by atoms with van der Waals surface area (Å²) in [5, 5.41) is 0. The number of carbonyl (C=O) groups is 2. The van der Waals surface area contributed by atoms with Crippen LogP contribution in [-0.4, -0.2) is 24.6 Å². The zero-order valence-corrected chi connectivity index (χ0v) is 21.0. The summed E-state index contributed by atoms with van der Waals surface area (Å²) < 4.78 is 11.0. The van der Waals surface area contributed by atoms with Gasteiger partial charge in [0, 0.05) is 23.9 Å². The highest BCUT2D eigenvalue weighted by Gasteiger charge is 2.24. The molecular weight excluding hydrogens is 452 g/mol. The predicted molar refractivity (Wildman–Crippen MR) is 145 cm³/mol. The first kappa shape index (κ1) is 27.1. The molecule has 0 atom stereocenters. The Labute approximate surface area is 214 Å². The molecule has 0 amide bonds. The maximum atomic E-state index is 12.6. The van der Waals surface area contributed by atoms with E-state index in [1.54, 1.807) is 48.5 Å². The normalized spacial score (nSPS) is 17.6. The van der Waals surface area contributed by atoms with Crippen molar-refractivity contribution in [2.24, 2.45) is 5.92 Å².